The van der Waals surface area contributed by atoms with Gasteiger partial charge >= 0.3 is 5.97 Å². The predicted molar refractivity (Wildman–Crippen MR) is 73.0 cm³/mol. The first-order valence-corrected chi connectivity index (χ1v) is 6.08. The summed E-state index contributed by atoms with van der Waals surface area (Å²) in [6.45, 7) is 1.77. The summed E-state index contributed by atoms with van der Waals surface area (Å²) in [6, 6.07) is 8.86. The monoisotopic (exact) mass is 268 g/mol. The molecule has 0 spiro atoms. The van der Waals surface area contributed by atoms with Crippen molar-refractivity contribution < 1.29 is 14.3 Å². The van der Waals surface area contributed by atoms with Crippen LogP contribution in [0.2, 0.25) is 0 Å². The van der Waals surface area contributed by atoms with Crippen LogP contribution in [0.1, 0.15) is 16.1 Å². The highest BCUT2D eigenvalue weighted by atomic mass is 16.4. The molecule has 0 amide bonds. The first kappa shape index (κ1) is 12.2. The molecule has 0 atom stereocenters. The van der Waals surface area contributed by atoms with Crippen LogP contribution in [-0.4, -0.2) is 20.6 Å². The van der Waals surface area contributed by atoms with Gasteiger partial charge in [-0.3, -0.25) is 4.98 Å². The second-order valence-electron chi connectivity index (χ2n) is 4.36. The Morgan fingerprint density at radius 3 is 2.80 bits per heavy atom. The third kappa shape index (κ3) is 1.89. The quantitative estimate of drug-likeness (QED) is 0.792. The number of carbonyl (C=O) groups is 1. The van der Waals surface area contributed by atoms with Gasteiger partial charge in [-0.2, -0.15) is 0 Å². The zero-order valence-electron chi connectivity index (χ0n) is 10.8. The Kier molecular flexibility index (Phi) is 2.87. The Bertz CT molecular complexity index is 743. The summed E-state index contributed by atoms with van der Waals surface area (Å²) in [5.41, 5.74) is 2.37. The van der Waals surface area contributed by atoms with E-state index in [1.165, 1.54) is 0 Å². The van der Waals surface area contributed by atoms with Gasteiger partial charge in [-0.25, -0.2) is 4.79 Å². The van der Waals surface area contributed by atoms with Crippen LogP contribution in [0.25, 0.3) is 17.1 Å². The van der Waals surface area contributed by atoms with Crippen molar-refractivity contribution in [2.24, 2.45) is 0 Å². The van der Waals surface area contributed by atoms with Crippen molar-refractivity contribution in [2.75, 3.05) is 0 Å². The SMILES string of the molecule is Cc1c(C(=O)O)cc(-c2ccco2)n1-c1cccnc1. The molecule has 0 fully saturated rings. The maximum Gasteiger partial charge on any atom is 0.337 e. The van der Waals surface area contributed by atoms with Crippen LogP contribution < -0.4 is 0 Å². The second-order valence-corrected chi connectivity index (χ2v) is 4.36. The van der Waals surface area contributed by atoms with Crippen LogP contribution in [0.3, 0.4) is 0 Å². The van der Waals surface area contributed by atoms with Gasteiger partial charge in [-0.1, -0.05) is 0 Å². The third-order valence-corrected chi connectivity index (χ3v) is 3.16. The van der Waals surface area contributed by atoms with Crippen LogP contribution in [0.4, 0.5) is 0 Å². The highest BCUT2D eigenvalue weighted by Crippen LogP contribution is 2.29. The molecule has 0 saturated carbocycles. The van der Waals surface area contributed by atoms with E-state index in [1.807, 2.05) is 10.6 Å². The number of nitrogens with zero attached hydrogens (tertiary/aromatic N) is 2. The van der Waals surface area contributed by atoms with Crippen molar-refractivity contribution in [1.82, 2.24) is 9.55 Å². The molecule has 3 aromatic heterocycles. The lowest BCUT2D eigenvalue weighted by Crippen LogP contribution is -2.02. The molecule has 1 N–H and O–H groups in total. The maximum atomic E-state index is 11.3. The van der Waals surface area contributed by atoms with Crippen LogP contribution in [0.15, 0.2) is 53.4 Å². The Labute approximate surface area is 115 Å². The largest absolute Gasteiger partial charge is 0.478 e. The second kappa shape index (κ2) is 4.70. The minimum Gasteiger partial charge on any atom is -0.478 e. The van der Waals surface area contributed by atoms with Gasteiger partial charge in [0.1, 0.15) is 0 Å². The van der Waals surface area contributed by atoms with E-state index in [9.17, 15) is 9.90 Å². The Morgan fingerprint density at radius 2 is 2.20 bits per heavy atom. The van der Waals surface area contributed by atoms with E-state index in [1.54, 1.807) is 49.8 Å². The van der Waals surface area contributed by atoms with Gasteiger partial charge < -0.3 is 14.1 Å². The van der Waals surface area contributed by atoms with Gasteiger partial charge in [0.15, 0.2) is 5.76 Å². The van der Waals surface area contributed by atoms with Gasteiger partial charge in [-0.15, -0.1) is 0 Å². The fourth-order valence-electron chi connectivity index (χ4n) is 2.25. The number of hydrogen-bond acceptors (Lipinski definition) is 3. The molecule has 100 valence electrons. The van der Waals surface area contributed by atoms with Crippen LogP contribution >= 0.6 is 0 Å². The molecular weight excluding hydrogens is 256 g/mol. The Morgan fingerprint density at radius 1 is 1.35 bits per heavy atom. The standard InChI is InChI=1S/C15H12N2O3/c1-10-12(15(18)19)8-13(14-5-3-7-20-14)17(10)11-4-2-6-16-9-11/h2-9H,1H3,(H,18,19). The van der Waals surface area contributed by atoms with Gasteiger partial charge in [0.2, 0.25) is 0 Å². The third-order valence-electron chi connectivity index (χ3n) is 3.16. The molecule has 0 aliphatic carbocycles. The van der Waals surface area contributed by atoms with E-state index in [0.717, 1.165) is 5.69 Å². The molecule has 3 aromatic rings. The lowest BCUT2D eigenvalue weighted by molar-refractivity contribution is 0.0696. The topological polar surface area (TPSA) is 68.3 Å². The minimum atomic E-state index is -0.960. The molecule has 3 rings (SSSR count). The first-order valence-electron chi connectivity index (χ1n) is 6.08. The molecule has 0 aromatic carbocycles. The molecular formula is C15H12N2O3. The zero-order valence-corrected chi connectivity index (χ0v) is 10.8. The van der Waals surface area contributed by atoms with E-state index in [0.29, 0.717) is 17.1 Å². The summed E-state index contributed by atoms with van der Waals surface area (Å²) in [7, 11) is 0. The summed E-state index contributed by atoms with van der Waals surface area (Å²) in [4.78, 5) is 15.4. The molecule has 0 unspecified atom stereocenters. The fourth-order valence-corrected chi connectivity index (χ4v) is 2.25. The number of hydrogen-bond donors (Lipinski definition) is 1. The lowest BCUT2D eigenvalue weighted by Gasteiger charge is -2.09. The van der Waals surface area contributed by atoms with Crippen molar-refractivity contribution in [3.63, 3.8) is 0 Å². The van der Waals surface area contributed by atoms with Crippen molar-refractivity contribution >= 4 is 5.97 Å². The van der Waals surface area contributed by atoms with Crippen molar-refractivity contribution in [3.8, 4) is 17.1 Å². The van der Waals surface area contributed by atoms with Crippen molar-refractivity contribution in [1.29, 1.82) is 0 Å². The molecule has 0 bridgehead atoms. The highest BCUT2D eigenvalue weighted by molar-refractivity contribution is 5.91. The van der Waals surface area contributed by atoms with E-state index in [2.05, 4.69) is 4.98 Å². The number of aromatic nitrogens is 2. The summed E-state index contributed by atoms with van der Waals surface area (Å²) in [6.07, 6.45) is 4.92. The molecule has 5 nitrogen and oxygen atoms in total. The fraction of sp³-hybridized carbons (Fsp3) is 0.0667. The van der Waals surface area contributed by atoms with E-state index >= 15 is 0 Å². The number of rotatable bonds is 3. The van der Waals surface area contributed by atoms with Gasteiger partial charge in [0.05, 0.1) is 29.4 Å². The number of furan rings is 1. The number of aromatic carboxylic acids is 1. The number of carboxylic acids is 1. The van der Waals surface area contributed by atoms with E-state index in [4.69, 9.17) is 4.42 Å². The lowest BCUT2D eigenvalue weighted by atomic mass is 10.2. The van der Waals surface area contributed by atoms with Crippen LogP contribution in [0, 0.1) is 6.92 Å². The smallest absolute Gasteiger partial charge is 0.337 e. The molecule has 5 heteroatoms. The van der Waals surface area contributed by atoms with Crippen molar-refractivity contribution in [3.05, 3.63) is 60.2 Å². The molecule has 0 aliphatic heterocycles. The summed E-state index contributed by atoms with van der Waals surface area (Å²) in [5, 5.41) is 9.29. The molecule has 0 radical (unpaired) electrons. The van der Waals surface area contributed by atoms with Gasteiger partial charge in [0, 0.05) is 11.9 Å². The summed E-state index contributed by atoms with van der Waals surface area (Å²) in [5.74, 6) is -0.345. The average molecular weight is 268 g/mol. The normalized spacial score (nSPS) is 10.7. The van der Waals surface area contributed by atoms with Crippen LogP contribution in [0.5, 0.6) is 0 Å². The molecule has 20 heavy (non-hydrogen) atoms. The number of carboxylic acid groups (broad SMARTS) is 1. The van der Waals surface area contributed by atoms with Gasteiger partial charge in [0.25, 0.3) is 0 Å². The van der Waals surface area contributed by atoms with E-state index in [-0.39, 0.29) is 5.56 Å². The van der Waals surface area contributed by atoms with Crippen molar-refractivity contribution in [2.45, 2.75) is 6.92 Å². The molecule has 0 aliphatic rings. The Hall–Kier alpha value is -2.82. The molecule has 3 heterocycles. The summed E-state index contributed by atoms with van der Waals surface area (Å²) >= 11 is 0. The zero-order chi connectivity index (χ0) is 14.1. The Balaban J connectivity index is 2.29. The maximum absolute atomic E-state index is 11.3. The summed E-state index contributed by atoms with van der Waals surface area (Å²) < 4.78 is 7.22. The number of pyridine rings is 1. The minimum absolute atomic E-state index is 0.250. The van der Waals surface area contributed by atoms with E-state index < -0.39 is 5.97 Å². The first-order chi connectivity index (χ1) is 9.68. The highest BCUT2D eigenvalue weighted by Gasteiger charge is 2.20. The predicted octanol–water partition coefficient (Wildman–Crippen LogP) is 3.14. The van der Waals surface area contributed by atoms with Crippen LogP contribution in [-0.2, 0) is 0 Å². The molecule has 0 saturated heterocycles. The average Bonchev–Trinajstić information content (AvgIpc) is 3.06. The van der Waals surface area contributed by atoms with Gasteiger partial charge in [-0.05, 0) is 37.3 Å².